The van der Waals surface area contributed by atoms with Gasteiger partial charge in [-0.2, -0.15) is 0 Å². The Bertz CT molecular complexity index is 507. The first-order chi connectivity index (χ1) is 10.7. The number of esters is 1. The fourth-order valence-corrected chi connectivity index (χ4v) is 3.20. The van der Waals surface area contributed by atoms with Gasteiger partial charge < -0.3 is 9.64 Å². The fraction of sp³-hybridized carbons (Fsp3) is 0.562. The minimum Gasteiger partial charge on any atom is -0.465 e. The van der Waals surface area contributed by atoms with Gasteiger partial charge in [-0.15, -0.1) is 11.3 Å². The second kappa shape index (κ2) is 8.68. The first-order valence-corrected chi connectivity index (χ1v) is 8.67. The summed E-state index contributed by atoms with van der Waals surface area (Å²) in [6, 6.07) is 0.130. The molecule has 1 amide bonds. The van der Waals surface area contributed by atoms with Crippen molar-refractivity contribution in [1.29, 1.82) is 0 Å². The first-order valence-electron chi connectivity index (χ1n) is 7.73. The Labute approximate surface area is 135 Å². The highest BCUT2D eigenvalue weighted by Crippen LogP contribution is 2.23. The molecule has 0 radical (unpaired) electrons. The van der Waals surface area contributed by atoms with Gasteiger partial charge in [0, 0.05) is 17.5 Å². The predicted molar refractivity (Wildman–Crippen MR) is 86.4 cm³/mol. The van der Waals surface area contributed by atoms with Crippen LogP contribution in [0.5, 0.6) is 0 Å². The number of carbonyl (C=O) groups excluding carboxylic acids is 2. The first kappa shape index (κ1) is 16.7. The molecular formula is C16H22N2O3S. The zero-order chi connectivity index (χ0) is 15.8. The van der Waals surface area contributed by atoms with Gasteiger partial charge in [0.2, 0.25) is 5.91 Å². The topological polar surface area (TPSA) is 59.5 Å². The maximum Gasteiger partial charge on any atom is 0.325 e. The lowest BCUT2D eigenvalue weighted by Gasteiger charge is -2.33. The summed E-state index contributed by atoms with van der Waals surface area (Å²) < 4.78 is 5.00. The maximum atomic E-state index is 12.5. The zero-order valence-corrected chi connectivity index (χ0v) is 13.7. The van der Waals surface area contributed by atoms with Crippen LogP contribution in [0.2, 0.25) is 0 Å². The molecule has 0 atom stereocenters. The summed E-state index contributed by atoms with van der Waals surface area (Å²) in [6.07, 6.45) is 8.51. The van der Waals surface area contributed by atoms with Crippen molar-refractivity contribution in [2.75, 3.05) is 13.2 Å². The van der Waals surface area contributed by atoms with Crippen molar-refractivity contribution in [3.8, 4) is 0 Å². The van der Waals surface area contributed by atoms with Crippen molar-refractivity contribution in [2.45, 2.75) is 45.1 Å². The van der Waals surface area contributed by atoms with Crippen LogP contribution in [-0.2, 0) is 14.3 Å². The quantitative estimate of drug-likeness (QED) is 0.597. The Morgan fingerprint density at radius 2 is 2.18 bits per heavy atom. The number of thiazole rings is 1. The van der Waals surface area contributed by atoms with Crippen molar-refractivity contribution >= 4 is 29.3 Å². The minimum atomic E-state index is -0.344. The second-order valence-corrected chi connectivity index (χ2v) is 6.03. The van der Waals surface area contributed by atoms with Crippen LogP contribution in [0.15, 0.2) is 17.0 Å². The third kappa shape index (κ3) is 4.94. The molecule has 0 unspecified atom stereocenters. The van der Waals surface area contributed by atoms with Gasteiger partial charge in [-0.05, 0) is 25.8 Å². The van der Waals surface area contributed by atoms with Gasteiger partial charge in [0.05, 0.1) is 17.8 Å². The van der Waals surface area contributed by atoms with Gasteiger partial charge >= 0.3 is 5.97 Å². The lowest BCUT2D eigenvalue weighted by molar-refractivity contribution is -0.149. The summed E-state index contributed by atoms with van der Waals surface area (Å²) in [5, 5.41) is 1.88. The van der Waals surface area contributed by atoms with E-state index < -0.39 is 0 Å². The lowest BCUT2D eigenvalue weighted by Crippen LogP contribution is -2.44. The van der Waals surface area contributed by atoms with E-state index in [4.69, 9.17) is 4.74 Å². The van der Waals surface area contributed by atoms with Crippen molar-refractivity contribution in [3.63, 3.8) is 0 Å². The molecule has 1 saturated carbocycles. The van der Waals surface area contributed by atoms with Crippen molar-refractivity contribution in [1.82, 2.24) is 9.88 Å². The SMILES string of the molecule is CCOC(=O)CN(C(=O)/C=C/c1cscn1)C1CCCCC1. The molecular weight excluding hydrogens is 300 g/mol. The second-order valence-electron chi connectivity index (χ2n) is 5.31. The summed E-state index contributed by atoms with van der Waals surface area (Å²) in [5.74, 6) is -0.489. The largest absolute Gasteiger partial charge is 0.465 e. The van der Waals surface area contributed by atoms with Crippen LogP contribution in [0.4, 0.5) is 0 Å². The van der Waals surface area contributed by atoms with Crippen LogP contribution in [0, 0.1) is 0 Å². The van der Waals surface area contributed by atoms with E-state index in [1.54, 1.807) is 23.4 Å². The van der Waals surface area contributed by atoms with Gasteiger partial charge in [0.1, 0.15) is 6.54 Å². The lowest BCUT2D eigenvalue weighted by atomic mass is 9.94. The minimum absolute atomic E-state index is 0.0265. The number of carbonyl (C=O) groups is 2. The van der Waals surface area contributed by atoms with Crippen LogP contribution >= 0.6 is 11.3 Å². The molecule has 0 saturated heterocycles. The predicted octanol–water partition coefficient (Wildman–Crippen LogP) is 2.88. The van der Waals surface area contributed by atoms with Crippen molar-refractivity contribution < 1.29 is 14.3 Å². The smallest absolute Gasteiger partial charge is 0.325 e. The molecule has 1 aliphatic rings. The number of amides is 1. The molecule has 0 spiro atoms. The molecule has 2 rings (SSSR count). The third-order valence-electron chi connectivity index (χ3n) is 3.75. The molecule has 0 bridgehead atoms. The Hall–Kier alpha value is -1.69. The van der Waals surface area contributed by atoms with E-state index in [2.05, 4.69) is 4.98 Å². The Balaban J connectivity index is 2.04. The van der Waals surface area contributed by atoms with Crippen LogP contribution in [-0.4, -0.2) is 41.0 Å². The number of hydrogen-bond acceptors (Lipinski definition) is 5. The molecule has 5 nitrogen and oxygen atoms in total. The van der Waals surface area contributed by atoms with E-state index in [0.29, 0.717) is 6.61 Å². The van der Waals surface area contributed by atoms with Gasteiger partial charge in [0.25, 0.3) is 0 Å². The van der Waals surface area contributed by atoms with E-state index in [-0.39, 0.29) is 24.5 Å². The number of nitrogens with zero attached hydrogens (tertiary/aromatic N) is 2. The van der Waals surface area contributed by atoms with Gasteiger partial charge in [-0.1, -0.05) is 19.3 Å². The molecule has 1 aromatic rings. The highest BCUT2D eigenvalue weighted by atomic mass is 32.1. The van der Waals surface area contributed by atoms with Crippen molar-refractivity contribution in [3.05, 3.63) is 22.7 Å². The monoisotopic (exact) mass is 322 g/mol. The van der Waals surface area contributed by atoms with Crippen LogP contribution < -0.4 is 0 Å². The Kier molecular flexibility index (Phi) is 6.58. The highest BCUT2D eigenvalue weighted by Gasteiger charge is 2.26. The van der Waals surface area contributed by atoms with E-state index >= 15 is 0 Å². The summed E-state index contributed by atoms with van der Waals surface area (Å²) in [5.41, 5.74) is 2.49. The number of hydrogen-bond donors (Lipinski definition) is 0. The Morgan fingerprint density at radius 1 is 1.41 bits per heavy atom. The van der Waals surface area contributed by atoms with E-state index in [9.17, 15) is 9.59 Å². The average Bonchev–Trinajstić information content (AvgIpc) is 3.05. The summed E-state index contributed by atoms with van der Waals surface area (Å²) in [4.78, 5) is 30.0. The molecule has 1 aromatic heterocycles. The van der Waals surface area contributed by atoms with Gasteiger partial charge in [-0.3, -0.25) is 9.59 Å². The molecule has 0 aromatic carbocycles. The van der Waals surface area contributed by atoms with Crippen LogP contribution in [0.1, 0.15) is 44.7 Å². The number of rotatable bonds is 6. The fourth-order valence-electron chi connectivity index (χ4n) is 2.68. The highest BCUT2D eigenvalue weighted by molar-refractivity contribution is 7.07. The average molecular weight is 322 g/mol. The third-order valence-corrected chi connectivity index (χ3v) is 4.36. The van der Waals surface area contributed by atoms with Gasteiger partial charge in [-0.25, -0.2) is 4.98 Å². The molecule has 0 N–H and O–H groups in total. The normalized spacial score (nSPS) is 15.9. The van der Waals surface area contributed by atoms with E-state index in [1.165, 1.54) is 23.8 Å². The number of ether oxygens (including phenoxy) is 1. The maximum absolute atomic E-state index is 12.5. The molecule has 0 aliphatic heterocycles. The molecule has 22 heavy (non-hydrogen) atoms. The van der Waals surface area contributed by atoms with E-state index in [1.807, 2.05) is 5.38 Å². The molecule has 6 heteroatoms. The molecule has 1 fully saturated rings. The van der Waals surface area contributed by atoms with Gasteiger partial charge in [0.15, 0.2) is 0 Å². The number of aromatic nitrogens is 1. The summed E-state index contributed by atoms with van der Waals surface area (Å²) in [6.45, 7) is 2.13. The van der Waals surface area contributed by atoms with Crippen LogP contribution in [0.3, 0.4) is 0 Å². The molecule has 120 valence electrons. The standard InChI is InChI=1S/C16H22N2O3S/c1-2-21-16(20)10-18(14-6-4-3-5-7-14)15(19)9-8-13-11-22-12-17-13/h8-9,11-12,14H,2-7,10H2,1H3/b9-8+. The Morgan fingerprint density at radius 3 is 2.82 bits per heavy atom. The van der Waals surface area contributed by atoms with E-state index in [0.717, 1.165) is 31.4 Å². The molecule has 1 aliphatic carbocycles. The zero-order valence-electron chi connectivity index (χ0n) is 12.9. The van der Waals surface area contributed by atoms with Crippen molar-refractivity contribution in [2.24, 2.45) is 0 Å². The summed E-state index contributed by atoms with van der Waals surface area (Å²) >= 11 is 1.48. The summed E-state index contributed by atoms with van der Waals surface area (Å²) in [7, 11) is 0. The molecule has 1 heterocycles. The van der Waals surface area contributed by atoms with Crippen LogP contribution in [0.25, 0.3) is 6.08 Å².